The second-order valence-corrected chi connectivity index (χ2v) is 10.2. The summed E-state index contributed by atoms with van der Waals surface area (Å²) >= 11 is 0. The van der Waals surface area contributed by atoms with Gasteiger partial charge in [-0.25, -0.2) is 8.42 Å². The Hall–Kier alpha value is -1.16. The normalized spacial score (nSPS) is 19.5. The molecule has 1 heterocycles. The molecule has 1 atom stereocenters. The van der Waals surface area contributed by atoms with Crippen LogP contribution < -0.4 is 4.74 Å². The Morgan fingerprint density at radius 2 is 1.77 bits per heavy atom. The van der Waals surface area contributed by atoms with Crippen LogP contribution in [0.1, 0.15) is 43.2 Å². The molecule has 0 aliphatic carbocycles. The Balaban J connectivity index is 2.30. The molecule has 1 aliphatic heterocycles. The molecule has 0 radical (unpaired) electrons. The van der Waals surface area contributed by atoms with Gasteiger partial charge in [0.25, 0.3) is 10.1 Å². The van der Waals surface area contributed by atoms with Gasteiger partial charge in [0, 0.05) is 12.6 Å². The zero-order valence-corrected chi connectivity index (χ0v) is 17.1. The number of benzene rings is 1. The number of piperidine rings is 1. The molecule has 2 rings (SSSR count). The van der Waals surface area contributed by atoms with Crippen LogP contribution in [0.3, 0.4) is 0 Å². The molecule has 0 aromatic heterocycles. The summed E-state index contributed by atoms with van der Waals surface area (Å²) in [6, 6.07) is 3.16. The van der Waals surface area contributed by atoms with Crippen molar-refractivity contribution in [3.8, 4) is 5.75 Å². The van der Waals surface area contributed by atoms with Gasteiger partial charge in [0.2, 0.25) is 10.0 Å². The minimum atomic E-state index is -4.03. The Morgan fingerprint density at radius 1 is 1.15 bits per heavy atom. The summed E-state index contributed by atoms with van der Waals surface area (Å²) in [5.41, 5.74) is 1.26. The van der Waals surface area contributed by atoms with E-state index in [1.165, 1.54) is 11.4 Å². The van der Waals surface area contributed by atoms with Crippen molar-refractivity contribution >= 4 is 20.1 Å². The summed E-state index contributed by atoms with van der Waals surface area (Å²) in [6.45, 7) is 3.92. The molecule has 1 aromatic carbocycles. The van der Waals surface area contributed by atoms with Crippen molar-refractivity contribution in [1.82, 2.24) is 4.31 Å². The van der Waals surface area contributed by atoms with Crippen LogP contribution in [0.2, 0.25) is 0 Å². The molecular formula is C17H27NO6S2. The monoisotopic (exact) mass is 405 g/mol. The molecule has 0 bridgehead atoms. The number of nitrogens with zero attached hydrogens (tertiary/aromatic N) is 1. The number of sulfonamides is 1. The first-order chi connectivity index (χ1) is 12.1. The maximum atomic E-state index is 13.3. The van der Waals surface area contributed by atoms with E-state index in [-0.39, 0.29) is 18.2 Å². The van der Waals surface area contributed by atoms with Gasteiger partial charge in [-0.15, -0.1) is 0 Å². The van der Waals surface area contributed by atoms with Gasteiger partial charge in [0.15, 0.2) is 0 Å². The Bertz CT molecular complexity index is 825. The van der Waals surface area contributed by atoms with E-state index in [0.717, 1.165) is 12.8 Å². The summed E-state index contributed by atoms with van der Waals surface area (Å²) in [6.07, 6.45) is 3.02. The van der Waals surface area contributed by atoms with Gasteiger partial charge in [-0.05, 0) is 62.8 Å². The molecule has 1 saturated heterocycles. The maximum Gasteiger partial charge on any atom is 0.264 e. The number of ether oxygens (including phenoxy) is 1. The Labute approximate surface area is 156 Å². The SMILES string of the molecule is COc1cc(C)c(S(=O)(=O)N2CCCCC2CCCS(=O)(=O)O)c(C)c1. The molecule has 1 aromatic rings. The van der Waals surface area contributed by atoms with E-state index in [0.29, 0.717) is 41.2 Å². The third-order valence-electron chi connectivity index (χ3n) is 4.75. The van der Waals surface area contributed by atoms with Crippen molar-refractivity contribution in [3.63, 3.8) is 0 Å². The topological polar surface area (TPSA) is 101 Å². The number of hydrogen-bond donors (Lipinski definition) is 1. The van der Waals surface area contributed by atoms with Crippen LogP contribution in [0.4, 0.5) is 0 Å². The van der Waals surface area contributed by atoms with Gasteiger partial charge in [-0.3, -0.25) is 4.55 Å². The lowest BCUT2D eigenvalue weighted by Crippen LogP contribution is -2.44. The predicted octanol–water partition coefficient (Wildman–Crippen LogP) is 2.52. The molecular weight excluding hydrogens is 378 g/mol. The number of aryl methyl sites for hydroxylation is 2. The molecule has 26 heavy (non-hydrogen) atoms. The van der Waals surface area contributed by atoms with E-state index in [2.05, 4.69) is 0 Å². The number of hydrogen-bond acceptors (Lipinski definition) is 5. The summed E-state index contributed by atoms with van der Waals surface area (Å²) in [4.78, 5) is 0.292. The van der Waals surface area contributed by atoms with Gasteiger partial charge in [0.1, 0.15) is 5.75 Å². The molecule has 1 N–H and O–H groups in total. The van der Waals surface area contributed by atoms with Gasteiger partial charge < -0.3 is 4.74 Å². The number of rotatable bonds is 7. The highest BCUT2D eigenvalue weighted by Crippen LogP contribution is 2.33. The standard InChI is InChI=1S/C17H27NO6S2/c1-13-11-16(24-3)12-14(2)17(13)26(22,23)18-9-5-4-7-15(18)8-6-10-25(19,20)21/h11-12,15H,4-10H2,1-3H3,(H,19,20,21). The summed E-state index contributed by atoms with van der Waals surface area (Å²) in [7, 11) is -6.19. The molecule has 1 unspecified atom stereocenters. The smallest absolute Gasteiger partial charge is 0.264 e. The zero-order valence-electron chi connectivity index (χ0n) is 15.4. The predicted molar refractivity (Wildman–Crippen MR) is 99.6 cm³/mol. The highest BCUT2D eigenvalue weighted by molar-refractivity contribution is 7.89. The fraction of sp³-hybridized carbons (Fsp3) is 0.647. The minimum Gasteiger partial charge on any atom is -0.497 e. The van der Waals surface area contributed by atoms with Gasteiger partial charge in [0.05, 0.1) is 17.8 Å². The average Bonchev–Trinajstić information content (AvgIpc) is 2.53. The van der Waals surface area contributed by atoms with Crippen LogP contribution in [-0.4, -0.2) is 51.1 Å². The zero-order chi connectivity index (χ0) is 19.5. The fourth-order valence-corrected chi connectivity index (χ4v) is 6.30. The highest BCUT2D eigenvalue weighted by atomic mass is 32.2. The first-order valence-corrected chi connectivity index (χ1v) is 11.7. The van der Waals surface area contributed by atoms with E-state index in [1.54, 1.807) is 26.0 Å². The quantitative estimate of drug-likeness (QED) is 0.700. The first kappa shape index (κ1) is 21.1. The largest absolute Gasteiger partial charge is 0.497 e. The lowest BCUT2D eigenvalue weighted by Gasteiger charge is -2.35. The highest BCUT2D eigenvalue weighted by Gasteiger charge is 2.35. The van der Waals surface area contributed by atoms with Crippen LogP contribution in [0, 0.1) is 13.8 Å². The minimum absolute atomic E-state index is 0.232. The van der Waals surface area contributed by atoms with Crippen molar-refractivity contribution in [3.05, 3.63) is 23.3 Å². The lowest BCUT2D eigenvalue weighted by molar-refractivity contribution is 0.239. The molecule has 1 fully saturated rings. The van der Waals surface area contributed by atoms with E-state index in [1.807, 2.05) is 0 Å². The van der Waals surface area contributed by atoms with E-state index in [9.17, 15) is 16.8 Å². The molecule has 7 nitrogen and oxygen atoms in total. The van der Waals surface area contributed by atoms with Crippen LogP contribution in [0.15, 0.2) is 17.0 Å². The Kier molecular flexibility index (Phi) is 6.70. The van der Waals surface area contributed by atoms with Crippen LogP contribution in [0.25, 0.3) is 0 Å². The van der Waals surface area contributed by atoms with Crippen molar-refractivity contribution in [2.45, 2.75) is 56.9 Å². The van der Waals surface area contributed by atoms with E-state index in [4.69, 9.17) is 9.29 Å². The molecule has 1 aliphatic rings. The summed E-state index contributed by atoms with van der Waals surface area (Å²) < 4.78 is 64.1. The molecule has 0 spiro atoms. The van der Waals surface area contributed by atoms with Crippen LogP contribution >= 0.6 is 0 Å². The van der Waals surface area contributed by atoms with Crippen molar-refractivity contribution in [1.29, 1.82) is 0 Å². The summed E-state index contributed by atoms with van der Waals surface area (Å²) in [5.74, 6) is 0.264. The van der Waals surface area contributed by atoms with Crippen LogP contribution in [-0.2, 0) is 20.1 Å². The van der Waals surface area contributed by atoms with E-state index >= 15 is 0 Å². The first-order valence-electron chi connectivity index (χ1n) is 8.68. The fourth-order valence-electron chi connectivity index (χ4n) is 3.63. The van der Waals surface area contributed by atoms with Crippen molar-refractivity contribution < 1.29 is 26.1 Å². The van der Waals surface area contributed by atoms with Crippen molar-refractivity contribution in [2.75, 3.05) is 19.4 Å². The third-order valence-corrected chi connectivity index (χ3v) is 7.81. The number of methoxy groups -OCH3 is 1. The summed E-state index contributed by atoms with van der Waals surface area (Å²) in [5, 5.41) is 0. The van der Waals surface area contributed by atoms with Gasteiger partial charge in [-0.1, -0.05) is 6.42 Å². The van der Waals surface area contributed by atoms with E-state index < -0.39 is 20.1 Å². The maximum absolute atomic E-state index is 13.3. The lowest BCUT2D eigenvalue weighted by atomic mass is 10.0. The second-order valence-electron chi connectivity index (χ2n) is 6.78. The third kappa shape index (κ3) is 4.97. The molecule has 0 saturated carbocycles. The second kappa shape index (κ2) is 8.24. The van der Waals surface area contributed by atoms with Crippen LogP contribution in [0.5, 0.6) is 5.75 Å². The van der Waals surface area contributed by atoms with Gasteiger partial charge >= 0.3 is 0 Å². The van der Waals surface area contributed by atoms with Gasteiger partial charge in [-0.2, -0.15) is 12.7 Å². The molecule has 148 valence electrons. The Morgan fingerprint density at radius 3 is 2.31 bits per heavy atom. The van der Waals surface area contributed by atoms with Crippen molar-refractivity contribution in [2.24, 2.45) is 0 Å². The molecule has 0 amide bonds. The average molecular weight is 406 g/mol. The molecule has 9 heteroatoms.